The summed E-state index contributed by atoms with van der Waals surface area (Å²) in [7, 11) is 0. The fourth-order valence-electron chi connectivity index (χ4n) is 0.871. The summed E-state index contributed by atoms with van der Waals surface area (Å²) in [6.45, 7) is 2.23. The molecule has 1 N–H and O–H groups in total. The van der Waals surface area contributed by atoms with Gasteiger partial charge in [-0.05, 0) is 13.0 Å². The first kappa shape index (κ1) is 11.3. The first-order valence-corrected chi connectivity index (χ1v) is 4.94. The number of halogens is 2. The zero-order valence-corrected chi connectivity index (χ0v) is 9.14. The van der Waals surface area contributed by atoms with Gasteiger partial charge in [-0.1, -0.05) is 11.6 Å². The molecule has 1 atom stereocenters. The summed E-state index contributed by atoms with van der Waals surface area (Å²) in [6, 6.07) is 1.56. The highest BCUT2D eigenvalue weighted by Gasteiger charge is 2.06. The van der Waals surface area contributed by atoms with E-state index in [0.29, 0.717) is 17.1 Å². The lowest BCUT2D eigenvalue weighted by molar-refractivity contribution is 0.0953. The van der Waals surface area contributed by atoms with Crippen LogP contribution in [-0.4, -0.2) is 22.8 Å². The van der Waals surface area contributed by atoms with Gasteiger partial charge in [0.25, 0.3) is 5.91 Å². The molecule has 3 nitrogen and oxygen atoms in total. The second-order valence-electron chi connectivity index (χ2n) is 2.88. The number of rotatable bonds is 3. The number of hydrogen-bond acceptors (Lipinski definition) is 2. The topological polar surface area (TPSA) is 42.0 Å². The molecule has 0 bridgehead atoms. The van der Waals surface area contributed by atoms with Crippen molar-refractivity contribution in [3.05, 3.63) is 29.0 Å². The molecular formula is C9H10Cl2N2O. The van der Waals surface area contributed by atoms with Crippen LogP contribution in [0.4, 0.5) is 0 Å². The molecule has 1 aromatic heterocycles. The Balaban J connectivity index is 2.61. The van der Waals surface area contributed by atoms with E-state index < -0.39 is 0 Å². The number of carbonyl (C=O) groups excluding carboxylic acids is 1. The Hall–Kier alpha value is -0.800. The zero-order chi connectivity index (χ0) is 10.6. The van der Waals surface area contributed by atoms with Gasteiger partial charge in [0.1, 0.15) is 0 Å². The summed E-state index contributed by atoms with van der Waals surface area (Å²) in [6.07, 6.45) is 2.93. The minimum Gasteiger partial charge on any atom is -0.351 e. The lowest BCUT2D eigenvalue weighted by atomic mass is 10.2. The van der Waals surface area contributed by atoms with Gasteiger partial charge < -0.3 is 5.32 Å². The molecule has 0 saturated carbocycles. The summed E-state index contributed by atoms with van der Waals surface area (Å²) in [5, 5.41) is 3.01. The molecule has 0 aliphatic rings. The van der Waals surface area contributed by atoms with E-state index in [-0.39, 0.29) is 11.3 Å². The number of alkyl halides is 1. The highest BCUT2D eigenvalue weighted by molar-refractivity contribution is 6.30. The fourth-order valence-corrected chi connectivity index (χ4v) is 1.12. The maximum Gasteiger partial charge on any atom is 0.252 e. The predicted octanol–water partition coefficient (Wildman–Crippen LogP) is 2.09. The van der Waals surface area contributed by atoms with Gasteiger partial charge in [-0.3, -0.25) is 9.78 Å². The number of amides is 1. The predicted molar refractivity (Wildman–Crippen MR) is 56.9 cm³/mol. The van der Waals surface area contributed by atoms with Gasteiger partial charge in [-0.15, -0.1) is 11.6 Å². The SMILES string of the molecule is CC(Cl)CNC(=O)c1cncc(Cl)c1. The van der Waals surface area contributed by atoms with Gasteiger partial charge in [-0.25, -0.2) is 0 Å². The average molecular weight is 233 g/mol. The minimum absolute atomic E-state index is 0.0916. The molecule has 0 spiro atoms. The molecule has 14 heavy (non-hydrogen) atoms. The quantitative estimate of drug-likeness (QED) is 0.812. The lowest BCUT2D eigenvalue weighted by Gasteiger charge is -2.05. The molecule has 0 radical (unpaired) electrons. The number of carbonyl (C=O) groups is 1. The Morgan fingerprint density at radius 2 is 2.36 bits per heavy atom. The van der Waals surface area contributed by atoms with Gasteiger partial charge in [-0.2, -0.15) is 0 Å². The van der Waals surface area contributed by atoms with Crippen LogP contribution in [0.15, 0.2) is 18.5 Å². The van der Waals surface area contributed by atoms with Crippen molar-refractivity contribution in [1.82, 2.24) is 10.3 Å². The van der Waals surface area contributed by atoms with Crippen LogP contribution in [0.2, 0.25) is 5.02 Å². The molecule has 5 heteroatoms. The summed E-state index contributed by atoms with van der Waals surface area (Å²) in [5.41, 5.74) is 0.440. The molecule has 1 unspecified atom stereocenters. The molecular weight excluding hydrogens is 223 g/mol. The van der Waals surface area contributed by atoms with Crippen molar-refractivity contribution in [3.8, 4) is 0 Å². The maximum atomic E-state index is 11.4. The van der Waals surface area contributed by atoms with Crippen LogP contribution in [0.5, 0.6) is 0 Å². The van der Waals surface area contributed by atoms with E-state index in [1.807, 2.05) is 0 Å². The van der Waals surface area contributed by atoms with Gasteiger partial charge >= 0.3 is 0 Å². The van der Waals surface area contributed by atoms with Crippen molar-refractivity contribution < 1.29 is 4.79 Å². The second kappa shape index (κ2) is 5.17. The normalized spacial score (nSPS) is 12.2. The van der Waals surface area contributed by atoms with Gasteiger partial charge in [0.2, 0.25) is 0 Å². The Labute approximate surface area is 92.4 Å². The third kappa shape index (κ3) is 3.52. The van der Waals surface area contributed by atoms with Crippen LogP contribution < -0.4 is 5.32 Å². The van der Waals surface area contributed by atoms with Crippen molar-refractivity contribution in [2.45, 2.75) is 12.3 Å². The molecule has 0 aliphatic heterocycles. The number of hydrogen-bond donors (Lipinski definition) is 1. The molecule has 0 fully saturated rings. The monoisotopic (exact) mass is 232 g/mol. The molecule has 76 valence electrons. The lowest BCUT2D eigenvalue weighted by Crippen LogP contribution is -2.28. The summed E-state index contributed by atoms with van der Waals surface area (Å²) in [5.74, 6) is -0.215. The summed E-state index contributed by atoms with van der Waals surface area (Å²) in [4.78, 5) is 15.2. The largest absolute Gasteiger partial charge is 0.351 e. The van der Waals surface area contributed by atoms with Crippen LogP contribution in [0, 0.1) is 0 Å². The van der Waals surface area contributed by atoms with Crippen LogP contribution in [-0.2, 0) is 0 Å². The molecule has 1 heterocycles. The molecule has 0 aliphatic carbocycles. The standard InChI is InChI=1S/C9H10Cl2N2O/c1-6(10)3-13-9(14)7-2-8(11)5-12-4-7/h2,4-6H,3H2,1H3,(H,13,14). The van der Waals surface area contributed by atoms with Gasteiger partial charge in [0.15, 0.2) is 0 Å². The summed E-state index contributed by atoms with van der Waals surface area (Å²) < 4.78 is 0. The van der Waals surface area contributed by atoms with Crippen molar-refractivity contribution in [2.75, 3.05) is 6.54 Å². The van der Waals surface area contributed by atoms with Crippen LogP contribution >= 0.6 is 23.2 Å². The van der Waals surface area contributed by atoms with Gasteiger partial charge in [0.05, 0.1) is 10.6 Å². The Kier molecular flexibility index (Phi) is 4.17. The summed E-state index contributed by atoms with van der Waals surface area (Å²) >= 11 is 11.4. The number of nitrogens with zero attached hydrogens (tertiary/aromatic N) is 1. The fraction of sp³-hybridized carbons (Fsp3) is 0.333. The first-order valence-electron chi connectivity index (χ1n) is 4.12. The van der Waals surface area contributed by atoms with E-state index in [0.717, 1.165) is 0 Å². The molecule has 1 amide bonds. The van der Waals surface area contributed by atoms with Crippen molar-refractivity contribution in [3.63, 3.8) is 0 Å². The Bertz CT molecular complexity index is 328. The van der Waals surface area contributed by atoms with Crippen LogP contribution in [0.1, 0.15) is 17.3 Å². The first-order chi connectivity index (χ1) is 6.59. The van der Waals surface area contributed by atoms with E-state index in [9.17, 15) is 4.79 Å². The van der Waals surface area contributed by atoms with E-state index in [2.05, 4.69) is 10.3 Å². The Morgan fingerprint density at radius 1 is 1.64 bits per heavy atom. The molecule has 0 saturated heterocycles. The molecule has 1 aromatic rings. The zero-order valence-electron chi connectivity index (χ0n) is 7.63. The third-order valence-electron chi connectivity index (χ3n) is 1.51. The van der Waals surface area contributed by atoms with E-state index >= 15 is 0 Å². The highest BCUT2D eigenvalue weighted by atomic mass is 35.5. The highest BCUT2D eigenvalue weighted by Crippen LogP contribution is 2.08. The third-order valence-corrected chi connectivity index (χ3v) is 1.87. The van der Waals surface area contributed by atoms with E-state index in [4.69, 9.17) is 23.2 Å². The van der Waals surface area contributed by atoms with Gasteiger partial charge in [0, 0.05) is 24.3 Å². The number of pyridine rings is 1. The minimum atomic E-state index is -0.215. The van der Waals surface area contributed by atoms with E-state index in [1.54, 1.807) is 13.0 Å². The maximum absolute atomic E-state index is 11.4. The Morgan fingerprint density at radius 3 is 2.93 bits per heavy atom. The molecule has 0 aromatic carbocycles. The average Bonchev–Trinajstić information content (AvgIpc) is 2.14. The van der Waals surface area contributed by atoms with Crippen LogP contribution in [0.25, 0.3) is 0 Å². The number of aromatic nitrogens is 1. The molecule has 1 rings (SSSR count). The van der Waals surface area contributed by atoms with Crippen molar-refractivity contribution in [2.24, 2.45) is 0 Å². The van der Waals surface area contributed by atoms with Crippen LogP contribution in [0.3, 0.4) is 0 Å². The van der Waals surface area contributed by atoms with Crippen molar-refractivity contribution >= 4 is 29.1 Å². The van der Waals surface area contributed by atoms with E-state index in [1.165, 1.54) is 12.4 Å². The number of nitrogens with one attached hydrogen (secondary N) is 1. The second-order valence-corrected chi connectivity index (χ2v) is 4.06. The smallest absolute Gasteiger partial charge is 0.252 e. The van der Waals surface area contributed by atoms with Crippen molar-refractivity contribution in [1.29, 1.82) is 0 Å².